The number of ether oxygens (including phenoxy) is 1. The maximum Gasteiger partial charge on any atom is 0.340 e. The van der Waals surface area contributed by atoms with Gasteiger partial charge in [-0.2, -0.15) is 0 Å². The molecule has 0 aromatic heterocycles. The Bertz CT molecular complexity index is 626. The van der Waals surface area contributed by atoms with Gasteiger partial charge in [-0.3, -0.25) is 4.79 Å². The van der Waals surface area contributed by atoms with Gasteiger partial charge in [0, 0.05) is 12.3 Å². The van der Waals surface area contributed by atoms with Crippen LogP contribution in [0.1, 0.15) is 67.2 Å². The second kappa shape index (κ2) is 6.73. The number of esters is 1. The predicted octanol–water partition coefficient (Wildman–Crippen LogP) is 1.90. The minimum absolute atomic E-state index is 0.132. The minimum Gasteiger partial charge on any atom is -0.457 e. The van der Waals surface area contributed by atoms with Crippen molar-refractivity contribution in [2.24, 2.45) is 11.3 Å². The largest absolute Gasteiger partial charge is 0.457 e. The van der Waals surface area contributed by atoms with Crippen LogP contribution in [0.15, 0.2) is 11.1 Å². The van der Waals surface area contributed by atoms with E-state index >= 15 is 0 Å². The number of hydrogen-bond donors (Lipinski definition) is 3. The van der Waals surface area contributed by atoms with Gasteiger partial charge >= 0.3 is 5.97 Å². The highest BCUT2D eigenvalue weighted by atomic mass is 16.6. The van der Waals surface area contributed by atoms with E-state index in [1.807, 2.05) is 20.8 Å². The first-order valence-electron chi connectivity index (χ1n) is 9.27. The van der Waals surface area contributed by atoms with Crippen LogP contribution in [0, 0.1) is 11.3 Å². The number of fused-ring (bicyclic) bond motifs is 1. The molecule has 2 fully saturated rings. The number of hydrogen-bond acceptors (Lipinski definition) is 6. The zero-order valence-electron chi connectivity index (χ0n) is 16.6. The number of carbonyl (C=O) groups excluding carboxylic acids is 2. The molecule has 3 N–H and O–H groups in total. The van der Waals surface area contributed by atoms with Gasteiger partial charge in [-0.1, -0.05) is 12.5 Å². The average Bonchev–Trinajstić information content (AvgIpc) is 2.48. The lowest BCUT2D eigenvalue weighted by atomic mass is 9.53. The maximum atomic E-state index is 12.5. The number of ketones is 1. The third-order valence-electron chi connectivity index (χ3n) is 6.57. The third-order valence-corrected chi connectivity index (χ3v) is 6.57. The molecule has 0 spiro atoms. The number of Topliss-reactive ketones (excluding diaryl/α,β-unsaturated/α-hetero) is 1. The lowest BCUT2D eigenvalue weighted by Gasteiger charge is -2.55. The van der Waals surface area contributed by atoms with Crippen LogP contribution in [0.3, 0.4) is 0 Å². The van der Waals surface area contributed by atoms with Crippen LogP contribution in [0.5, 0.6) is 0 Å². The fraction of sp³-hybridized carbons (Fsp3) is 0.800. The van der Waals surface area contributed by atoms with Gasteiger partial charge in [-0.15, -0.1) is 0 Å². The van der Waals surface area contributed by atoms with Crippen LogP contribution in [0.4, 0.5) is 0 Å². The number of rotatable bonds is 3. The van der Waals surface area contributed by atoms with Gasteiger partial charge < -0.3 is 20.1 Å². The van der Waals surface area contributed by atoms with E-state index in [0.29, 0.717) is 25.7 Å². The Labute approximate surface area is 155 Å². The highest BCUT2D eigenvalue weighted by Crippen LogP contribution is 2.55. The van der Waals surface area contributed by atoms with E-state index in [1.165, 1.54) is 13.8 Å². The number of carbonyl (C=O) groups is 2. The molecular formula is C20H32O6. The zero-order valence-corrected chi connectivity index (χ0v) is 16.6. The summed E-state index contributed by atoms with van der Waals surface area (Å²) in [5, 5.41) is 31.0. The summed E-state index contributed by atoms with van der Waals surface area (Å²) in [5.41, 5.74) is -2.03. The molecule has 6 heteroatoms. The van der Waals surface area contributed by atoms with Gasteiger partial charge in [-0.05, 0) is 64.9 Å². The Kier molecular flexibility index (Phi) is 5.45. The number of allylic oxidation sites excluding steroid dienone is 2. The van der Waals surface area contributed by atoms with E-state index in [2.05, 4.69) is 0 Å². The second-order valence-electron chi connectivity index (χ2n) is 8.97. The van der Waals surface area contributed by atoms with E-state index in [0.717, 1.165) is 11.1 Å². The fourth-order valence-corrected chi connectivity index (χ4v) is 4.39. The number of aliphatic hydroxyl groups excluding tert-OH is 1. The molecule has 6 nitrogen and oxygen atoms in total. The maximum absolute atomic E-state index is 12.5. The molecule has 0 bridgehead atoms. The first-order chi connectivity index (χ1) is 11.7. The standard InChI is InChI=1S/C20H32O6/c1-11(2)13-9-15-18(4,10-14(13)22)8-7-16(20(15,6)25)26-17(23)19(5,24)12(3)21/h12,15-16,21,24-25H,7-10H2,1-6H3/t12-,15+,16+,18+,19-,20-/m0/s1. The van der Waals surface area contributed by atoms with Crippen molar-refractivity contribution in [3.63, 3.8) is 0 Å². The van der Waals surface area contributed by atoms with Crippen molar-refractivity contribution in [1.82, 2.24) is 0 Å². The fourth-order valence-electron chi connectivity index (χ4n) is 4.39. The lowest BCUT2D eigenvalue weighted by molar-refractivity contribution is -0.215. The smallest absolute Gasteiger partial charge is 0.340 e. The lowest BCUT2D eigenvalue weighted by Crippen LogP contribution is -2.61. The van der Waals surface area contributed by atoms with Crippen LogP contribution in [-0.4, -0.2) is 50.5 Å². The summed E-state index contributed by atoms with van der Waals surface area (Å²) in [7, 11) is 0. The highest BCUT2D eigenvalue weighted by molar-refractivity contribution is 5.97. The van der Waals surface area contributed by atoms with Crippen molar-refractivity contribution in [3.8, 4) is 0 Å². The minimum atomic E-state index is -2.04. The van der Waals surface area contributed by atoms with E-state index in [9.17, 15) is 24.9 Å². The van der Waals surface area contributed by atoms with Crippen molar-refractivity contribution >= 4 is 11.8 Å². The summed E-state index contributed by atoms with van der Waals surface area (Å²) in [6.07, 6.45) is -0.224. The van der Waals surface area contributed by atoms with Crippen LogP contribution in [0.2, 0.25) is 0 Å². The van der Waals surface area contributed by atoms with Crippen molar-refractivity contribution in [1.29, 1.82) is 0 Å². The molecule has 0 heterocycles. The van der Waals surface area contributed by atoms with E-state index in [4.69, 9.17) is 4.74 Å². The van der Waals surface area contributed by atoms with Gasteiger partial charge in [-0.25, -0.2) is 4.79 Å². The zero-order chi connectivity index (χ0) is 20.1. The predicted molar refractivity (Wildman–Crippen MR) is 96.3 cm³/mol. The van der Waals surface area contributed by atoms with Crippen LogP contribution >= 0.6 is 0 Å². The Hall–Kier alpha value is -1.24. The first-order valence-corrected chi connectivity index (χ1v) is 9.27. The van der Waals surface area contributed by atoms with Crippen LogP contribution in [-0.2, 0) is 14.3 Å². The topological polar surface area (TPSA) is 104 Å². The van der Waals surface area contributed by atoms with Gasteiger partial charge in [0.2, 0.25) is 0 Å². The molecule has 0 radical (unpaired) electrons. The molecule has 2 aliphatic rings. The Morgan fingerprint density at radius 1 is 1.35 bits per heavy atom. The van der Waals surface area contributed by atoms with E-state index in [1.54, 1.807) is 6.92 Å². The average molecular weight is 368 g/mol. The van der Waals surface area contributed by atoms with Gasteiger partial charge in [0.25, 0.3) is 0 Å². The Morgan fingerprint density at radius 2 is 1.92 bits per heavy atom. The summed E-state index contributed by atoms with van der Waals surface area (Å²) in [6, 6.07) is 0. The van der Waals surface area contributed by atoms with Crippen LogP contribution < -0.4 is 0 Å². The van der Waals surface area contributed by atoms with Gasteiger partial charge in [0.05, 0.1) is 6.10 Å². The molecule has 6 atom stereocenters. The SMILES string of the molecule is CC(C)=C1C[C@@H]2[C@](C)(CC[C@@H](OC(=O)[C@@](C)(O)[C@H](C)O)[C@@]2(C)O)CC1=O. The quantitative estimate of drug-likeness (QED) is 0.519. The molecule has 0 unspecified atom stereocenters. The second-order valence-corrected chi connectivity index (χ2v) is 8.97. The molecule has 0 saturated heterocycles. The van der Waals surface area contributed by atoms with E-state index < -0.39 is 29.4 Å². The monoisotopic (exact) mass is 368 g/mol. The van der Waals surface area contributed by atoms with Crippen molar-refractivity contribution in [2.45, 2.75) is 90.6 Å². The molecule has 0 aromatic rings. The van der Waals surface area contributed by atoms with Gasteiger partial charge in [0.1, 0.15) is 11.7 Å². The van der Waals surface area contributed by atoms with Crippen LogP contribution in [0.25, 0.3) is 0 Å². The normalized spacial score (nSPS) is 38.2. The molecule has 26 heavy (non-hydrogen) atoms. The summed E-state index contributed by atoms with van der Waals surface area (Å²) in [5.74, 6) is -1.05. The number of aliphatic hydroxyl groups is 3. The Balaban J connectivity index is 2.29. The molecule has 148 valence electrons. The molecule has 2 rings (SSSR count). The summed E-state index contributed by atoms with van der Waals surface area (Å²) < 4.78 is 5.45. The van der Waals surface area contributed by atoms with E-state index in [-0.39, 0.29) is 17.1 Å². The van der Waals surface area contributed by atoms with Gasteiger partial charge in [0.15, 0.2) is 11.4 Å². The summed E-state index contributed by atoms with van der Waals surface area (Å²) in [4.78, 5) is 24.8. The molecule has 2 aliphatic carbocycles. The molecular weight excluding hydrogens is 336 g/mol. The highest BCUT2D eigenvalue weighted by Gasteiger charge is 2.58. The van der Waals surface area contributed by atoms with Crippen molar-refractivity contribution in [2.75, 3.05) is 0 Å². The molecule has 2 saturated carbocycles. The van der Waals surface area contributed by atoms with Crippen molar-refractivity contribution in [3.05, 3.63) is 11.1 Å². The molecule has 0 amide bonds. The first kappa shape index (κ1) is 21.1. The molecule has 0 aliphatic heterocycles. The Morgan fingerprint density at radius 3 is 2.42 bits per heavy atom. The third kappa shape index (κ3) is 3.47. The van der Waals surface area contributed by atoms with Crippen molar-refractivity contribution < 1.29 is 29.6 Å². The summed E-state index contributed by atoms with van der Waals surface area (Å²) >= 11 is 0. The molecule has 0 aromatic carbocycles. The summed E-state index contributed by atoms with van der Waals surface area (Å²) in [6.45, 7) is 9.95.